The van der Waals surface area contributed by atoms with Gasteiger partial charge in [0.15, 0.2) is 0 Å². The Bertz CT molecular complexity index is 2790. The van der Waals surface area contributed by atoms with Gasteiger partial charge in [0.05, 0.1) is 22.4 Å². The first-order valence-electron chi connectivity index (χ1n) is 19.7. The highest BCUT2D eigenvalue weighted by molar-refractivity contribution is 6.06. The smallest absolute Gasteiger partial charge is 0.0979 e. The molecule has 9 aromatic carbocycles. The van der Waals surface area contributed by atoms with Gasteiger partial charge in [0.2, 0.25) is 0 Å². The van der Waals surface area contributed by atoms with Crippen LogP contribution < -0.4 is 0 Å². The van der Waals surface area contributed by atoms with Gasteiger partial charge < -0.3 is 0 Å². The number of fused-ring (bicyclic) bond motifs is 1. The van der Waals surface area contributed by atoms with Crippen LogP contribution in [0.15, 0.2) is 231 Å². The van der Waals surface area contributed by atoms with Crippen molar-refractivity contribution in [1.29, 1.82) is 0 Å². The summed E-state index contributed by atoms with van der Waals surface area (Å²) < 4.78 is 0. The van der Waals surface area contributed by atoms with Gasteiger partial charge >= 0.3 is 0 Å². The van der Waals surface area contributed by atoms with Crippen molar-refractivity contribution in [3.8, 4) is 89.3 Å². The highest BCUT2D eigenvalue weighted by Gasteiger charge is 2.22. The molecule has 0 spiro atoms. The molecular formula is C56H38N2. The lowest BCUT2D eigenvalue weighted by Crippen LogP contribution is -2.00. The molecule has 0 saturated carbocycles. The van der Waals surface area contributed by atoms with Gasteiger partial charge in [0, 0.05) is 22.3 Å². The lowest BCUT2D eigenvalue weighted by atomic mass is 9.89. The fraction of sp³-hybridized carbons (Fsp3) is 0. The number of benzene rings is 9. The molecule has 0 atom stereocenters. The first-order chi connectivity index (χ1) is 28.8. The molecule has 0 aliphatic heterocycles. The van der Waals surface area contributed by atoms with Gasteiger partial charge in [-0.15, -0.1) is 0 Å². The predicted molar refractivity (Wildman–Crippen MR) is 243 cm³/mol. The van der Waals surface area contributed by atoms with Crippen LogP contribution in [0.2, 0.25) is 0 Å². The maximum atomic E-state index is 5.74. The second kappa shape index (κ2) is 15.5. The van der Waals surface area contributed by atoms with Gasteiger partial charge in [-0.05, 0) is 55.6 Å². The zero-order valence-corrected chi connectivity index (χ0v) is 31.8. The van der Waals surface area contributed by atoms with Crippen molar-refractivity contribution in [1.82, 2.24) is 9.97 Å². The summed E-state index contributed by atoms with van der Waals surface area (Å²) in [4.78, 5) is 11.5. The fourth-order valence-electron chi connectivity index (χ4n) is 8.05. The minimum Gasteiger partial charge on any atom is -0.243 e. The quantitative estimate of drug-likeness (QED) is 0.155. The Hall–Kier alpha value is -7.68. The largest absolute Gasteiger partial charge is 0.243 e. The van der Waals surface area contributed by atoms with Crippen molar-refractivity contribution >= 4 is 11.0 Å². The molecule has 0 amide bonds. The van der Waals surface area contributed by atoms with E-state index in [1.807, 2.05) is 0 Å². The van der Waals surface area contributed by atoms with E-state index in [0.717, 1.165) is 89.2 Å². The van der Waals surface area contributed by atoms with E-state index in [1.54, 1.807) is 0 Å². The number of aromatic nitrogens is 2. The van der Waals surface area contributed by atoms with Crippen molar-refractivity contribution in [2.45, 2.75) is 0 Å². The van der Waals surface area contributed by atoms with E-state index in [0.29, 0.717) is 0 Å². The van der Waals surface area contributed by atoms with Crippen molar-refractivity contribution in [3.63, 3.8) is 0 Å². The Morgan fingerprint density at radius 3 is 0.776 bits per heavy atom. The van der Waals surface area contributed by atoms with E-state index >= 15 is 0 Å². The molecule has 0 unspecified atom stereocenters. The second-order valence-electron chi connectivity index (χ2n) is 14.5. The molecule has 0 aliphatic rings. The molecular weight excluding hydrogens is 701 g/mol. The van der Waals surface area contributed by atoms with Crippen molar-refractivity contribution in [3.05, 3.63) is 231 Å². The van der Waals surface area contributed by atoms with Gasteiger partial charge in [-0.25, -0.2) is 9.97 Å². The first-order valence-corrected chi connectivity index (χ1v) is 19.7. The maximum Gasteiger partial charge on any atom is 0.0979 e. The standard InChI is InChI=1S/C56H38N2/c1-5-17-39(18-6-1)41-29-33-45(34-30-41)53-54(46-35-31-42(32-36-46)40-19-7-2-8-20-40)58-56-52(50-28-16-14-26-48(50)44-23-11-4-12-24-44)38-37-51(55(56)57-53)49-27-15-13-25-47(49)43-21-9-3-10-22-43/h1-38H. The summed E-state index contributed by atoms with van der Waals surface area (Å²) in [6, 6.07) is 81.5. The van der Waals surface area contributed by atoms with Crippen LogP contribution in [0, 0.1) is 0 Å². The molecule has 10 rings (SSSR count). The highest BCUT2D eigenvalue weighted by atomic mass is 14.8. The lowest BCUT2D eigenvalue weighted by molar-refractivity contribution is 1.29. The molecule has 272 valence electrons. The number of nitrogens with zero attached hydrogens (tertiary/aromatic N) is 2. The Balaban J connectivity index is 1.26. The average Bonchev–Trinajstić information content (AvgIpc) is 3.32. The highest BCUT2D eigenvalue weighted by Crippen LogP contribution is 2.43. The number of hydrogen-bond donors (Lipinski definition) is 0. The minimum atomic E-state index is 0.839. The van der Waals surface area contributed by atoms with E-state index in [-0.39, 0.29) is 0 Å². The van der Waals surface area contributed by atoms with Crippen LogP contribution in [0.5, 0.6) is 0 Å². The predicted octanol–water partition coefficient (Wildman–Crippen LogP) is 15.0. The molecule has 1 heterocycles. The lowest BCUT2D eigenvalue weighted by Gasteiger charge is -2.19. The van der Waals surface area contributed by atoms with E-state index in [4.69, 9.17) is 9.97 Å². The van der Waals surface area contributed by atoms with E-state index in [2.05, 4.69) is 231 Å². The van der Waals surface area contributed by atoms with Gasteiger partial charge in [-0.1, -0.05) is 231 Å². The molecule has 0 aliphatic carbocycles. The van der Waals surface area contributed by atoms with Crippen molar-refractivity contribution in [2.75, 3.05) is 0 Å². The third kappa shape index (κ3) is 6.67. The van der Waals surface area contributed by atoms with E-state index in [9.17, 15) is 0 Å². The van der Waals surface area contributed by atoms with Crippen molar-refractivity contribution < 1.29 is 0 Å². The zero-order chi connectivity index (χ0) is 38.7. The van der Waals surface area contributed by atoms with Crippen LogP contribution in [-0.2, 0) is 0 Å². The second-order valence-corrected chi connectivity index (χ2v) is 14.5. The van der Waals surface area contributed by atoms with E-state index < -0.39 is 0 Å². The van der Waals surface area contributed by atoms with Crippen LogP contribution in [0.25, 0.3) is 100 Å². The monoisotopic (exact) mass is 738 g/mol. The third-order valence-corrected chi connectivity index (χ3v) is 11.0. The van der Waals surface area contributed by atoms with Gasteiger partial charge in [-0.2, -0.15) is 0 Å². The molecule has 0 bridgehead atoms. The zero-order valence-electron chi connectivity index (χ0n) is 31.8. The molecule has 0 radical (unpaired) electrons. The summed E-state index contributed by atoms with van der Waals surface area (Å²) in [6.07, 6.45) is 0. The third-order valence-electron chi connectivity index (χ3n) is 11.0. The fourth-order valence-corrected chi connectivity index (χ4v) is 8.05. The first kappa shape index (κ1) is 34.8. The van der Waals surface area contributed by atoms with Crippen LogP contribution in [0.1, 0.15) is 0 Å². The van der Waals surface area contributed by atoms with Crippen molar-refractivity contribution in [2.24, 2.45) is 0 Å². The molecule has 2 heteroatoms. The van der Waals surface area contributed by atoms with Crippen LogP contribution in [0.3, 0.4) is 0 Å². The molecule has 58 heavy (non-hydrogen) atoms. The summed E-state index contributed by atoms with van der Waals surface area (Å²) >= 11 is 0. The summed E-state index contributed by atoms with van der Waals surface area (Å²) in [5, 5.41) is 0. The molecule has 2 nitrogen and oxygen atoms in total. The van der Waals surface area contributed by atoms with Crippen LogP contribution >= 0.6 is 0 Å². The summed E-state index contributed by atoms with van der Waals surface area (Å²) in [6.45, 7) is 0. The minimum absolute atomic E-state index is 0.839. The number of rotatable bonds is 8. The molecule has 10 aromatic rings. The molecule has 0 fully saturated rings. The Morgan fingerprint density at radius 2 is 0.431 bits per heavy atom. The SMILES string of the molecule is c1ccc(-c2ccc(-c3nc4c(-c5ccccc5-c5ccccc5)ccc(-c5ccccc5-c5ccccc5)c4nc3-c3ccc(-c4ccccc4)cc3)cc2)cc1. The van der Waals surface area contributed by atoms with Crippen LogP contribution in [-0.4, -0.2) is 9.97 Å². The molecule has 0 saturated heterocycles. The number of hydrogen-bond acceptors (Lipinski definition) is 2. The summed E-state index contributed by atoms with van der Waals surface area (Å²) in [5.74, 6) is 0. The van der Waals surface area contributed by atoms with Crippen LogP contribution in [0.4, 0.5) is 0 Å². The normalized spacial score (nSPS) is 11.1. The average molecular weight is 739 g/mol. The maximum absolute atomic E-state index is 5.74. The van der Waals surface area contributed by atoms with Gasteiger partial charge in [0.25, 0.3) is 0 Å². The van der Waals surface area contributed by atoms with Gasteiger partial charge in [0.1, 0.15) is 0 Å². The Morgan fingerprint density at radius 1 is 0.172 bits per heavy atom. The topological polar surface area (TPSA) is 25.8 Å². The summed E-state index contributed by atoms with van der Waals surface area (Å²) in [7, 11) is 0. The summed E-state index contributed by atoms with van der Waals surface area (Å²) in [5.41, 5.74) is 19.0. The Labute approximate surface area is 339 Å². The molecule has 0 N–H and O–H groups in total. The molecule has 1 aromatic heterocycles. The Kier molecular flexibility index (Phi) is 9.27. The van der Waals surface area contributed by atoms with E-state index in [1.165, 1.54) is 11.1 Å². The van der Waals surface area contributed by atoms with Gasteiger partial charge in [-0.3, -0.25) is 0 Å².